The molecule has 26 heavy (non-hydrogen) atoms. The zero-order valence-corrected chi connectivity index (χ0v) is 15.1. The van der Waals surface area contributed by atoms with Gasteiger partial charge in [0, 0.05) is 5.41 Å². The second-order valence-electron chi connectivity index (χ2n) is 8.22. The lowest BCUT2D eigenvalue weighted by atomic mass is 9.82. The molecule has 6 rings (SSSR count). The van der Waals surface area contributed by atoms with E-state index in [0.29, 0.717) is 0 Å². The van der Waals surface area contributed by atoms with Gasteiger partial charge in [-0.1, -0.05) is 74.5 Å². The van der Waals surface area contributed by atoms with Crippen molar-refractivity contribution < 1.29 is 0 Å². The van der Waals surface area contributed by atoms with Gasteiger partial charge in [-0.05, 0) is 73.8 Å². The minimum absolute atomic E-state index is 0.0715. The smallest absolute Gasteiger partial charge is 0.0159 e. The lowest BCUT2D eigenvalue weighted by Crippen LogP contribution is -2.14. The Hall–Kier alpha value is -2.86. The van der Waals surface area contributed by atoms with Crippen molar-refractivity contribution >= 4 is 10.8 Å². The molecule has 0 saturated heterocycles. The van der Waals surface area contributed by atoms with Crippen LogP contribution < -0.4 is 0 Å². The second kappa shape index (κ2) is 4.65. The fourth-order valence-corrected chi connectivity index (χ4v) is 5.16. The van der Waals surface area contributed by atoms with E-state index in [1.54, 1.807) is 0 Å². The van der Waals surface area contributed by atoms with Crippen molar-refractivity contribution in [3.05, 3.63) is 95.1 Å². The molecule has 0 spiro atoms. The third kappa shape index (κ3) is 1.65. The van der Waals surface area contributed by atoms with Crippen molar-refractivity contribution in [2.24, 2.45) is 0 Å². The summed E-state index contributed by atoms with van der Waals surface area (Å²) in [4.78, 5) is 0. The quantitative estimate of drug-likeness (QED) is 0.295. The first-order valence-corrected chi connectivity index (χ1v) is 9.43. The van der Waals surface area contributed by atoms with E-state index in [2.05, 4.69) is 86.6 Å². The molecule has 0 aliphatic heterocycles. The van der Waals surface area contributed by atoms with Crippen LogP contribution in [0.2, 0.25) is 0 Å². The molecule has 124 valence electrons. The normalized spacial score (nSPS) is 15.5. The lowest BCUT2D eigenvalue weighted by Gasteiger charge is -2.21. The molecule has 0 unspecified atom stereocenters. The van der Waals surface area contributed by atoms with E-state index in [9.17, 15) is 0 Å². The summed E-state index contributed by atoms with van der Waals surface area (Å²) in [6, 6.07) is 27.3. The van der Waals surface area contributed by atoms with Gasteiger partial charge in [0.05, 0.1) is 0 Å². The molecule has 0 saturated carbocycles. The molecule has 0 heteroatoms. The van der Waals surface area contributed by atoms with Crippen LogP contribution >= 0.6 is 0 Å². The fourth-order valence-electron chi connectivity index (χ4n) is 5.16. The molecule has 4 aromatic carbocycles. The van der Waals surface area contributed by atoms with Crippen molar-refractivity contribution in [3.8, 4) is 22.3 Å². The zero-order valence-electron chi connectivity index (χ0n) is 15.1. The molecule has 0 atom stereocenters. The van der Waals surface area contributed by atoms with Crippen LogP contribution in [0.3, 0.4) is 0 Å². The molecule has 0 fully saturated rings. The highest BCUT2D eigenvalue weighted by Crippen LogP contribution is 2.52. The SMILES string of the molecule is CC1(C)c2ccccc2-c2c1ccc1cc3c(cc21)Cc1ccccc1-3. The van der Waals surface area contributed by atoms with E-state index in [1.807, 2.05) is 0 Å². The highest BCUT2D eigenvalue weighted by molar-refractivity contribution is 6.05. The van der Waals surface area contributed by atoms with Gasteiger partial charge in [0.15, 0.2) is 0 Å². The summed E-state index contributed by atoms with van der Waals surface area (Å²) in [5.74, 6) is 0. The van der Waals surface area contributed by atoms with Gasteiger partial charge in [-0.15, -0.1) is 0 Å². The number of hydrogen-bond acceptors (Lipinski definition) is 0. The number of rotatable bonds is 0. The van der Waals surface area contributed by atoms with Gasteiger partial charge in [0.25, 0.3) is 0 Å². The fraction of sp³-hybridized carbons (Fsp3) is 0.154. The molecule has 0 amide bonds. The molecule has 2 aliphatic rings. The Morgan fingerprint density at radius 1 is 0.654 bits per heavy atom. The van der Waals surface area contributed by atoms with Crippen LogP contribution in [0.1, 0.15) is 36.1 Å². The monoisotopic (exact) mass is 332 g/mol. The summed E-state index contributed by atoms with van der Waals surface area (Å²) in [6.45, 7) is 4.71. The summed E-state index contributed by atoms with van der Waals surface area (Å²) in [5.41, 5.74) is 11.6. The Kier molecular flexibility index (Phi) is 2.56. The van der Waals surface area contributed by atoms with Crippen molar-refractivity contribution in [2.75, 3.05) is 0 Å². The second-order valence-corrected chi connectivity index (χ2v) is 8.22. The van der Waals surface area contributed by atoms with E-state index < -0.39 is 0 Å². The van der Waals surface area contributed by atoms with E-state index in [-0.39, 0.29) is 5.41 Å². The molecule has 0 bridgehead atoms. The van der Waals surface area contributed by atoms with E-state index in [0.717, 1.165) is 6.42 Å². The molecular weight excluding hydrogens is 312 g/mol. The van der Waals surface area contributed by atoms with Gasteiger partial charge in [-0.25, -0.2) is 0 Å². The first kappa shape index (κ1) is 14.3. The van der Waals surface area contributed by atoms with Crippen LogP contribution in [-0.2, 0) is 11.8 Å². The van der Waals surface area contributed by atoms with E-state index in [1.165, 1.54) is 55.3 Å². The van der Waals surface area contributed by atoms with E-state index in [4.69, 9.17) is 0 Å². The van der Waals surface area contributed by atoms with Crippen LogP contribution in [0.5, 0.6) is 0 Å². The van der Waals surface area contributed by atoms with E-state index >= 15 is 0 Å². The zero-order chi connectivity index (χ0) is 17.5. The molecule has 0 radical (unpaired) electrons. The Morgan fingerprint density at radius 2 is 1.42 bits per heavy atom. The van der Waals surface area contributed by atoms with Gasteiger partial charge in [-0.2, -0.15) is 0 Å². The highest BCUT2D eigenvalue weighted by Gasteiger charge is 2.36. The predicted molar refractivity (Wildman–Crippen MR) is 110 cm³/mol. The lowest BCUT2D eigenvalue weighted by molar-refractivity contribution is 0.661. The molecule has 0 nitrogen and oxygen atoms in total. The molecule has 2 aliphatic carbocycles. The van der Waals surface area contributed by atoms with Crippen molar-refractivity contribution in [1.82, 2.24) is 0 Å². The highest BCUT2D eigenvalue weighted by atomic mass is 14.4. The van der Waals surface area contributed by atoms with Gasteiger partial charge in [0.2, 0.25) is 0 Å². The molecular formula is C26H20. The van der Waals surface area contributed by atoms with Crippen LogP contribution in [0, 0.1) is 0 Å². The maximum absolute atomic E-state index is 2.46. The topological polar surface area (TPSA) is 0 Å². The predicted octanol–water partition coefficient (Wildman–Crippen LogP) is 6.72. The standard InChI is InChI=1S/C26H20/c1-26(2)23-10-6-5-9-20(23)25-22-15-18-13-16-7-3-4-8-19(16)21(18)14-17(22)11-12-24(25)26/h3-12,14-15H,13H2,1-2H3. The third-order valence-electron chi connectivity index (χ3n) is 6.48. The summed E-state index contributed by atoms with van der Waals surface area (Å²) < 4.78 is 0. The largest absolute Gasteiger partial charge is 0.0619 e. The summed E-state index contributed by atoms with van der Waals surface area (Å²) in [6.07, 6.45) is 1.05. The Morgan fingerprint density at radius 3 is 2.31 bits per heavy atom. The van der Waals surface area contributed by atoms with Crippen LogP contribution in [-0.4, -0.2) is 0 Å². The van der Waals surface area contributed by atoms with Crippen molar-refractivity contribution in [1.29, 1.82) is 0 Å². The molecule has 0 heterocycles. The van der Waals surface area contributed by atoms with Crippen LogP contribution in [0.4, 0.5) is 0 Å². The Balaban J connectivity index is 1.70. The summed E-state index contributed by atoms with van der Waals surface area (Å²) in [7, 11) is 0. The van der Waals surface area contributed by atoms with Crippen LogP contribution in [0.25, 0.3) is 33.0 Å². The maximum atomic E-state index is 2.46. The van der Waals surface area contributed by atoms with Crippen LogP contribution in [0.15, 0.2) is 72.8 Å². The summed E-state index contributed by atoms with van der Waals surface area (Å²) in [5, 5.41) is 2.76. The maximum Gasteiger partial charge on any atom is 0.0159 e. The minimum atomic E-state index is 0.0715. The third-order valence-corrected chi connectivity index (χ3v) is 6.48. The van der Waals surface area contributed by atoms with Gasteiger partial charge in [0.1, 0.15) is 0 Å². The van der Waals surface area contributed by atoms with Gasteiger partial charge in [-0.3, -0.25) is 0 Å². The van der Waals surface area contributed by atoms with Gasteiger partial charge >= 0.3 is 0 Å². The first-order chi connectivity index (χ1) is 12.6. The average molecular weight is 332 g/mol. The minimum Gasteiger partial charge on any atom is -0.0619 e. The number of hydrogen-bond donors (Lipinski definition) is 0. The van der Waals surface area contributed by atoms with Crippen molar-refractivity contribution in [2.45, 2.75) is 25.7 Å². The molecule has 4 aromatic rings. The van der Waals surface area contributed by atoms with Crippen molar-refractivity contribution in [3.63, 3.8) is 0 Å². The number of fused-ring (bicyclic) bond motifs is 8. The Labute approximate surface area is 154 Å². The first-order valence-electron chi connectivity index (χ1n) is 9.43. The van der Waals surface area contributed by atoms with Gasteiger partial charge < -0.3 is 0 Å². The average Bonchev–Trinajstić information content (AvgIpc) is 3.13. The molecule has 0 N–H and O–H groups in total. The molecule has 0 aromatic heterocycles. The Bertz CT molecular complexity index is 1220. The number of benzene rings is 4. The summed E-state index contributed by atoms with van der Waals surface area (Å²) >= 11 is 0.